The highest BCUT2D eigenvalue weighted by Gasteiger charge is 2.32. The zero-order chi connectivity index (χ0) is 23.5. The molecular weight excluding hydrogens is 448 g/mol. The fourth-order valence-corrected chi connectivity index (χ4v) is 5.12. The van der Waals surface area contributed by atoms with Gasteiger partial charge in [-0.15, -0.1) is 11.3 Å². The van der Waals surface area contributed by atoms with Gasteiger partial charge < -0.3 is 14.1 Å². The molecule has 0 saturated carbocycles. The number of aryl methyl sites for hydroxylation is 1. The van der Waals surface area contributed by atoms with Crippen LogP contribution in [0.5, 0.6) is 5.75 Å². The number of aromatic nitrogens is 3. The number of thiazole rings is 1. The number of hydrogen-bond acceptors (Lipinski definition) is 7. The molecule has 174 valence electrons. The molecule has 1 aromatic carbocycles. The molecule has 0 spiro atoms. The number of likely N-dealkylation sites (tertiary alicyclic amines) is 1. The van der Waals surface area contributed by atoms with Gasteiger partial charge in [0.15, 0.2) is 0 Å². The molecule has 1 unspecified atom stereocenters. The third-order valence-electron chi connectivity index (χ3n) is 6.12. The van der Waals surface area contributed by atoms with Crippen molar-refractivity contribution in [3.05, 3.63) is 82.8 Å². The Labute approximate surface area is 202 Å². The SMILES string of the molecule is COc1cccc(Cc2cnc(C3CCCCN3C(=O)c3ccc(-c4scnc4C)nc3)o2)c1. The van der Waals surface area contributed by atoms with E-state index in [0.717, 1.165) is 52.6 Å². The normalized spacial score (nSPS) is 15.9. The van der Waals surface area contributed by atoms with Crippen LogP contribution >= 0.6 is 11.3 Å². The van der Waals surface area contributed by atoms with Crippen molar-refractivity contribution in [2.24, 2.45) is 0 Å². The van der Waals surface area contributed by atoms with Crippen molar-refractivity contribution in [3.63, 3.8) is 0 Å². The van der Waals surface area contributed by atoms with E-state index in [1.165, 1.54) is 0 Å². The molecule has 1 amide bonds. The molecular formula is C26H26N4O3S. The van der Waals surface area contributed by atoms with Gasteiger partial charge in [-0.25, -0.2) is 9.97 Å². The molecule has 4 aromatic rings. The zero-order valence-electron chi connectivity index (χ0n) is 19.2. The van der Waals surface area contributed by atoms with Gasteiger partial charge in [0, 0.05) is 19.2 Å². The lowest BCUT2D eigenvalue weighted by Crippen LogP contribution is -2.38. The van der Waals surface area contributed by atoms with Crippen LogP contribution < -0.4 is 4.74 Å². The Kier molecular flexibility index (Phi) is 6.40. The highest BCUT2D eigenvalue weighted by atomic mass is 32.1. The molecule has 7 nitrogen and oxygen atoms in total. The Morgan fingerprint density at radius 3 is 2.85 bits per heavy atom. The molecule has 1 aliphatic rings. The number of piperidine rings is 1. The average molecular weight is 475 g/mol. The smallest absolute Gasteiger partial charge is 0.256 e. The van der Waals surface area contributed by atoms with Gasteiger partial charge in [0.05, 0.1) is 40.6 Å². The largest absolute Gasteiger partial charge is 0.497 e. The first-order valence-corrected chi connectivity index (χ1v) is 12.3. The summed E-state index contributed by atoms with van der Waals surface area (Å²) in [6.45, 7) is 2.64. The maximum absolute atomic E-state index is 13.4. The predicted molar refractivity (Wildman–Crippen MR) is 130 cm³/mol. The van der Waals surface area contributed by atoms with Crippen LogP contribution in [0.15, 0.2) is 58.7 Å². The highest BCUT2D eigenvalue weighted by molar-refractivity contribution is 7.13. The Hall–Kier alpha value is -3.52. The van der Waals surface area contributed by atoms with Gasteiger partial charge in [0.2, 0.25) is 5.89 Å². The molecule has 0 N–H and O–H groups in total. The molecule has 8 heteroatoms. The van der Waals surface area contributed by atoms with Crippen LogP contribution in [-0.2, 0) is 6.42 Å². The topological polar surface area (TPSA) is 81.4 Å². The average Bonchev–Trinajstić information content (AvgIpc) is 3.53. The van der Waals surface area contributed by atoms with Gasteiger partial charge in [-0.3, -0.25) is 9.78 Å². The maximum atomic E-state index is 13.4. The van der Waals surface area contributed by atoms with Crippen LogP contribution in [0.2, 0.25) is 0 Å². The molecule has 4 heterocycles. The van der Waals surface area contributed by atoms with Gasteiger partial charge in [-0.1, -0.05) is 12.1 Å². The Morgan fingerprint density at radius 1 is 1.18 bits per heavy atom. The van der Waals surface area contributed by atoms with Gasteiger partial charge in [-0.05, 0) is 56.0 Å². The van der Waals surface area contributed by atoms with E-state index in [9.17, 15) is 4.79 Å². The van der Waals surface area contributed by atoms with E-state index in [4.69, 9.17) is 9.15 Å². The van der Waals surface area contributed by atoms with Gasteiger partial charge in [0.25, 0.3) is 5.91 Å². The van der Waals surface area contributed by atoms with Crippen LogP contribution in [0.3, 0.4) is 0 Å². The fraction of sp³-hybridized carbons (Fsp3) is 0.308. The molecule has 1 fully saturated rings. The number of methoxy groups -OCH3 is 1. The molecule has 34 heavy (non-hydrogen) atoms. The molecule has 1 saturated heterocycles. The lowest BCUT2D eigenvalue weighted by atomic mass is 10.0. The van der Waals surface area contributed by atoms with Gasteiger partial charge >= 0.3 is 0 Å². The van der Waals surface area contributed by atoms with Crippen molar-refractivity contribution in [2.75, 3.05) is 13.7 Å². The monoisotopic (exact) mass is 474 g/mol. The second-order valence-corrected chi connectivity index (χ2v) is 9.26. The number of benzene rings is 1. The van der Waals surface area contributed by atoms with Gasteiger partial charge in [-0.2, -0.15) is 0 Å². The number of ether oxygens (including phenoxy) is 1. The number of carbonyl (C=O) groups excluding carboxylic acids is 1. The van der Waals surface area contributed by atoms with E-state index >= 15 is 0 Å². The van der Waals surface area contributed by atoms with Crippen molar-refractivity contribution in [2.45, 2.75) is 38.6 Å². The molecule has 5 rings (SSSR count). The summed E-state index contributed by atoms with van der Waals surface area (Å²) in [7, 11) is 1.66. The summed E-state index contributed by atoms with van der Waals surface area (Å²) in [5.41, 5.74) is 5.24. The number of pyridine rings is 1. The Balaban J connectivity index is 1.33. The fourth-order valence-electron chi connectivity index (χ4n) is 4.34. The number of rotatable bonds is 6. The molecule has 1 atom stereocenters. The second kappa shape index (κ2) is 9.77. The summed E-state index contributed by atoms with van der Waals surface area (Å²) in [4.78, 5) is 29.7. The summed E-state index contributed by atoms with van der Waals surface area (Å²) >= 11 is 1.55. The Bertz CT molecular complexity index is 1280. The van der Waals surface area contributed by atoms with E-state index < -0.39 is 0 Å². The maximum Gasteiger partial charge on any atom is 0.256 e. The van der Waals surface area contributed by atoms with Crippen LogP contribution in [0.1, 0.15) is 58.6 Å². The number of carbonyl (C=O) groups is 1. The summed E-state index contributed by atoms with van der Waals surface area (Å²) in [6, 6.07) is 11.5. The molecule has 1 aliphatic heterocycles. The lowest BCUT2D eigenvalue weighted by molar-refractivity contribution is 0.0569. The Morgan fingerprint density at radius 2 is 2.09 bits per heavy atom. The van der Waals surface area contributed by atoms with E-state index in [0.29, 0.717) is 24.4 Å². The first-order valence-electron chi connectivity index (χ1n) is 11.4. The first-order chi connectivity index (χ1) is 16.6. The molecule has 0 bridgehead atoms. The third-order valence-corrected chi connectivity index (χ3v) is 7.07. The lowest BCUT2D eigenvalue weighted by Gasteiger charge is -2.33. The summed E-state index contributed by atoms with van der Waals surface area (Å²) < 4.78 is 11.4. The van der Waals surface area contributed by atoms with Gasteiger partial charge in [0.1, 0.15) is 17.6 Å². The van der Waals surface area contributed by atoms with E-state index in [1.54, 1.807) is 30.8 Å². The summed E-state index contributed by atoms with van der Waals surface area (Å²) in [5, 5.41) is 0. The zero-order valence-corrected chi connectivity index (χ0v) is 20.0. The van der Waals surface area contributed by atoms with Crippen molar-refractivity contribution >= 4 is 17.2 Å². The van der Waals surface area contributed by atoms with Crippen molar-refractivity contribution in [1.82, 2.24) is 19.9 Å². The second-order valence-electron chi connectivity index (χ2n) is 8.40. The van der Waals surface area contributed by atoms with Crippen LogP contribution in [-0.4, -0.2) is 39.4 Å². The first kappa shape index (κ1) is 22.3. The molecule has 0 aliphatic carbocycles. The van der Waals surface area contributed by atoms with E-state index in [-0.39, 0.29) is 11.9 Å². The number of amides is 1. The minimum absolute atomic E-state index is 0.0441. The minimum atomic E-state index is -0.177. The number of oxazole rings is 1. The van der Waals surface area contributed by atoms with Crippen LogP contribution in [0.4, 0.5) is 0 Å². The predicted octanol–water partition coefficient (Wildman–Crippen LogP) is 5.47. The minimum Gasteiger partial charge on any atom is -0.497 e. The number of hydrogen-bond donors (Lipinski definition) is 0. The molecule has 3 aromatic heterocycles. The summed E-state index contributed by atoms with van der Waals surface area (Å²) in [5.74, 6) is 2.13. The third kappa shape index (κ3) is 4.59. The van der Waals surface area contributed by atoms with Crippen molar-refractivity contribution < 1.29 is 13.9 Å². The van der Waals surface area contributed by atoms with Crippen LogP contribution in [0, 0.1) is 6.92 Å². The quantitative estimate of drug-likeness (QED) is 0.369. The molecule has 0 radical (unpaired) electrons. The highest BCUT2D eigenvalue weighted by Crippen LogP contribution is 2.33. The van der Waals surface area contributed by atoms with E-state index in [1.807, 2.05) is 53.7 Å². The van der Waals surface area contributed by atoms with Crippen molar-refractivity contribution in [3.8, 4) is 16.3 Å². The van der Waals surface area contributed by atoms with Crippen LogP contribution in [0.25, 0.3) is 10.6 Å². The van der Waals surface area contributed by atoms with Crippen molar-refractivity contribution in [1.29, 1.82) is 0 Å². The van der Waals surface area contributed by atoms with E-state index in [2.05, 4.69) is 15.0 Å². The standard InChI is InChI=1S/C26H26N4O3S/c1-17-24(34-16-29-17)22-10-9-19(14-27-22)26(31)30-11-4-3-8-23(30)25-28-15-21(33-25)13-18-6-5-7-20(12-18)32-2/h5-7,9-10,12,14-16,23H,3-4,8,11,13H2,1-2H3. The number of nitrogens with zero attached hydrogens (tertiary/aromatic N) is 4. The summed E-state index contributed by atoms with van der Waals surface area (Å²) in [6.07, 6.45) is 6.87.